The SMILES string of the molecule is Cc1cc(C(=O)NCCc2nccn2C(F)F)c(C)n1-c1ccccn1. The number of imidazole rings is 1. The molecule has 0 spiro atoms. The highest BCUT2D eigenvalue weighted by molar-refractivity contribution is 5.95. The Morgan fingerprint density at radius 3 is 2.73 bits per heavy atom. The molecule has 0 aromatic carbocycles. The molecule has 0 unspecified atom stereocenters. The van der Waals surface area contributed by atoms with Crippen LogP contribution < -0.4 is 5.32 Å². The van der Waals surface area contributed by atoms with Crippen LogP contribution in [0.4, 0.5) is 8.78 Å². The Labute approximate surface area is 149 Å². The molecule has 0 aliphatic rings. The van der Waals surface area contributed by atoms with Gasteiger partial charge in [-0.25, -0.2) is 9.97 Å². The molecule has 0 aliphatic heterocycles. The van der Waals surface area contributed by atoms with Crippen LogP contribution in [0.3, 0.4) is 0 Å². The molecule has 3 heterocycles. The lowest BCUT2D eigenvalue weighted by atomic mass is 10.2. The van der Waals surface area contributed by atoms with E-state index in [-0.39, 0.29) is 24.7 Å². The summed E-state index contributed by atoms with van der Waals surface area (Å²) in [7, 11) is 0. The monoisotopic (exact) mass is 359 g/mol. The fraction of sp³-hybridized carbons (Fsp3) is 0.278. The third-order valence-electron chi connectivity index (χ3n) is 4.15. The largest absolute Gasteiger partial charge is 0.352 e. The van der Waals surface area contributed by atoms with E-state index in [1.165, 1.54) is 12.4 Å². The predicted octanol–water partition coefficient (Wildman–Crippen LogP) is 3.05. The van der Waals surface area contributed by atoms with Gasteiger partial charge in [-0.05, 0) is 32.0 Å². The molecule has 136 valence electrons. The van der Waals surface area contributed by atoms with Gasteiger partial charge in [-0.15, -0.1) is 0 Å². The first kappa shape index (κ1) is 17.8. The minimum atomic E-state index is -2.64. The fourth-order valence-corrected chi connectivity index (χ4v) is 2.93. The Hall–Kier alpha value is -3.03. The van der Waals surface area contributed by atoms with E-state index < -0.39 is 6.55 Å². The molecular weight excluding hydrogens is 340 g/mol. The van der Waals surface area contributed by atoms with E-state index in [0.29, 0.717) is 5.56 Å². The van der Waals surface area contributed by atoms with Crippen LogP contribution in [0.2, 0.25) is 0 Å². The summed E-state index contributed by atoms with van der Waals surface area (Å²) in [6, 6.07) is 7.37. The van der Waals surface area contributed by atoms with Gasteiger partial charge in [0.05, 0.1) is 5.56 Å². The number of hydrogen-bond acceptors (Lipinski definition) is 3. The van der Waals surface area contributed by atoms with E-state index in [4.69, 9.17) is 0 Å². The highest BCUT2D eigenvalue weighted by atomic mass is 19.3. The standard InChI is InChI=1S/C18H19F2N5O/c1-12-11-14(13(2)25(12)16-5-3-4-7-21-16)17(26)23-8-6-15-22-9-10-24(15)18(19)20/h3-5,7,9-11,18H,6,8H2,1-2H3,(H,23,26). The fourth-order valence-electron chi connectivity index (χ4n) is 2.93. The molecule has 6 nitrogen and oxygen atoms in total. The predicted molar refractivity (Wildman–Crippen MR) is 92.6 cm³/mol. The van der Waals surface area contributed by atoms with Gasteiger partial charge in [0.15, 0.2) is 0 Å². The smallest absolute Gasteiger partial charge is 0.319 e. The molecule has 0 fully saturated rings. The number of halogens is 2. The summed E-state index contributed by atoms with van der Waals surface area (Å²) in [6.45, 7) is 1.33. The minimum absolute atomic E-state index is 0.218. The molecule has 3 rings (SSSR count). The van der Waals surface area contributed by atoms with Crippen molar-refractivity contribution < 1.29 is 13.6 Å². The highest BCUT2D eigenvalue weighted by Gasteiger charge is 2.17. The third-order valence-corrected chi connectivity index (χ3v) is 4.15. The van der Waals surface area contributed by atoms with Crippen molar-refractivity contribution in [3.63, 3.8) is 0 Å². The zero-order valence-corrected chi connectivity index (χ0v) is 14.5. The van der Waals surface area contributed by atoms with Crippen molar-refractivity contribution in [2.45, 2.75) is 26.8 Å². The second-order valence-electron chi connectivity index (χ2n) is 5.84. The summed E-state index contributed by atoms with van der Waals surface area (Å²) >= 11 is 0. The molecule has 8 heteroatoms. The average molecular weight is 359 g/mol. The van der Waals surface area contributed by atoms with Crippen molar-refractivity contribution >= 4 is 5.91 Å². The van der Waals surface area contributed by atoms with E-state index in [1.807, 2.05) is 36.6 Å². The quantitative estimate of drug-likeness (QED) is 0.736. The first-order valence-corrected chi connectivity index (χ1v) is 8.17. The first-order chi connectivity index (χ1) is 12.5. The number of aryl methyl sites for hydroxylation is 1. The van der Waals surface area contributed by atoms with Gasteiger partial charge in [0.2, 0.25) is 0 Å². The van der Waals surface area contributed by atoms with Gasteiger partial charge in [-0.3, -0.25) is 9.36 Å². The van der Waals surface area contributed by atoms with Crippen molar-refractivity contribution in [2.24, 2.45) is 0 Å². The van der Waals surface area contributed by atoms with Crippen LogP contribution in [0.15, 0.2) is 42.9 Å². The second kappa shape index (κ2) is 7.47. The molecule has 26 heavy (non-hydrogen) atoms. The Balaban J connectivity index is 1.70. The molecule has 1 amide bonds. The summed E-state index contributed by atoms with van der Waals surface area (Å²) < 4.78 is 28.3. The van der Waals surface area contributed by atoms with E-state index in [9.17, 15) is 13.6 Å². The number of alkyl halides is 2. The third kappa shape index (κ3) is 3.49. The summed E-state index contributed by atoms with van der Waals surface area (Å²) in [5.74, 6) is 0.718. The van der Waals surface area contributed by atoms with Gasteiger partial charge in [0, 0.05) is 42.9 Å². The number of hydrogen-bond donors (Lipinski definition) is 1. The number of nitrogens with one attached hydrogen (secondary N) is 1. The van der Waals surface area contributed by atoms with Crippen LogP contribution in [-0.4, -0.2) is 31.6 Å². The molecule has 1 N–H and O–H groups in total. The molecule has 0 saturated carbocycles. The Morgan fingerprint density at radius 1 is 1.23 bits per heavy atom. The molecule has 0 bridgehead atoms. The Bertz CT molecular complexity index is 902. The molecular formula is C18H19F2N5O. The Kier molecular flexibility index (Phi) is 5.11. The number of rotatable bonds is 6. The van der Waals surface area contributed by atoms with Crippen LogP contribution >= 0.6 is 0 Å². The van der Waals surface area contributed by atoms with E-state index in [1.54, 1.807) is 12.3 Å². The van der Waals surface area contributed by atoms with Crippen molar-refractivity contribution in [2.75, 3.05) is 6.54 Å². The topological polar surface area (TPSA) is 64.7 Å². The molecule has 3 aromatic heterocycles. The number of carbonyl (C=O) groups is 1. The number of carbonyl (C=O) groups excluding carboxylic acids is 1. The van der Waals surface area contributed by atoms with Gasteiger partial charge in [0.1, 0.15) is 11.6 Å². The second-order valence-corrected chi connectivity index (χ2v) is 5.84. The van der Waals surface area contributed by atoms with E-state index in [2.05, 4.69) is 15.3 Å². The zero-order valence-electron chi connectivity index (χ0n) is 14.5. The number of amides is 1. The number of aromatic nitrogens is 4. The molecule has 0 atom stereocenters. The van der Waals surface area contributed by atoms with Crippen LogP contribution in [0.5, 0.6) is 0 Å². The number of pyridine rings is 1. The summed E-state index contributed by atoms with van der Waals surface area (Å²) in [5.41, 5.74) is 2.19. The lowest BCUT2D eigenvalue weighted by molar-refractivity contribution is 0.0670. The van der Waals surface area contributed by atoms with Gasteiger partial charge < -0.3 is 9.88 Å². The van der Waals surface area contributed by atoms with Crippen molar-refractivity contribution in [1.29, 1.82) is 0 Å². The van der Waals surface area contributed by atoms with Crippen molar-refractivity contribution in [3.05, 3.63) is 65.6 Å². The first-order valence-electron chi connectivity index (χ1n) is 8.17. The van der Waals surface area contributed by atoms with Gasteiger partial charge in [0.25, 0.3) is 5.91 Å². The van der Waals surface area contributed by atoms with Crippen molar-refractivity contribution in [3.8, 4) is 5.82 Å². The normalized spacial score (nSPS) is 11.1. The van der Waals surface area contributed by atoms with Crippen LogP contribution in [-0.2, 0) is 6.42 Å². The zero-order chi connectivity index (χ0) is 18.7. The van der Waals surface area contributed by atoms with Crippen LogP contribution in [0.25, 0.3) is 5.82 Å². The van der Waals surface area contributed by atoms with Gasteiger partial charge in [-0.1, -0.05) is 6.07 Å². The van der Waals surface area contributed by atoms with Crippen molar-refractivity contribution in [1.82, 2.24) is 24.4 Å². The lowest BCUT2D eigenvalue weighted by Gasteiger charge is -2.09. The lowest BCUT2D eigenvalue weighted by Crippen LogP contribution is -2.27. The van der Waals surface area contributed by atoms with Crippen LogP contribution in [0, 0.1) is 13.8 Å². The highest BCUT2D eigenvalue weighted by Crippen LogP contribution is 2.19. The number of nitrogens with zero attached hydrogens (tertiary/aromatic N) is 4. The molecule has 3 aromatic rings. The maximum atomic E-state index is 12.8. The molecule has 0 radical (unpaired) electrons. The van der Waals surface area contributed by atoms with E-state index >= 15 is 0 Å². The van der Waals surface area contributed by atoms with E-state index in [0.717, 1.165) is 21.8 Å². The summed E-state index contributed by atoms with van der Waals surface area (Å²) in [6.07, 6.45) is 4.47. The maximum absolute atomic E-state index is 12.8. The summed E-state index contributed by atoms with van der Waals surface area (Å²) in [5, 5.41) is 2.77. The van der Waals surface area contributed by atoms with Gasteiger partial charge in [-0.2, -0.15) is 8.78 Å². The maximum Gasteiger partial charge on any atom is 0.319 e. The Morgan fingerprint density at radius 2 is 2.04 bits per heavy atom. The van der Waals surface area contributed by atoms with Gasteiger partial charge >= 0.3 is 6.55 Å². The minimum Gasteiger partial charge on any atom is -0.352 e. The molecule has 0 saturated heterocycles. The average Bonchev–Trinajstić information content (AvgIpc) is 3.20. The molecule has 0 aliphatic carbocycles. The van der Waals surface area contributed by atoms with Crippen LogP contribution in [0.1, 0.15) is 34.1 Å². The summed E-state index contributed by atoms with van der Waals surface area (Å²) in [4.78, 5) is 20.7.